The molecular formula is C12H18N4O6. The third-order valence-corrected chi connectivity index (χ3v) is 3.30. The molecule has 4 N–H and O–H groups in total. The first-order valence-electron chi connectivity index (χ1n) is 7.01. The van der Waals surface area contributed by atoms with Crippen molar-refractivity contribution in [3.05, 3.63) is 0 Å². The van der Waals surface area contributed by atoms with Gasteiger partial charge >= 0.3 is 24.1 Å². The van der Waals surface area contributed by atoms with E-state index in [0.29, 0.717) is 25.9 Å². The SMILES string of the molecule is O=C(NC1CCNC1)OC(=O)C(=O)OC(=O)NC1CCNC1. The summed E-state index contributed by atoms with van der Waals surface area (Å²) in [5.74, 6) is -3.08. The molecule has 22 heavy (non-hydrogen) atoms. The van der Waals surface area contributed by atoms with Crippen LogP contribution in [0.15, 0.2) is 0 Å². The van der Waals surface area contributed by atoms with Crippen LogP contribution in [-0.2, 0) is 19.1 Å². The van der Waals surface area contributed by atoms with Crippen molar-refractivity contribution in [3.8, 4) is 0 Å². The maximum Gasteiger partial charge on any atom is 0.426 e. The summed E-state index contributed by atoms with van der Waals surface area (Å²) in [5, 5.41) is 10.8. The first-order valence-corrected chi connectivity index (χ1v) is 7.01. The van der Waals surface area contributed by atoms with Crippen molar-refractivity contribution in [2.45, 2.75) is 24.9 Å². The number of hydrogen-bond acceptors (Lipinski definition) is 8. The van der Waals surface area contributed by atoms with Gasteiger partial charge in [0.2, 0.25) is 0 Å². The highest BCUT2D eigenvalue weighted by Gasteiger charge is 2.27. The van der Waals surface area contributed by atoms with Crippen LogP contribution >= 0.6 is 0 Å². The molecule has 2 atom stereocenters. The number of hydrogen-bond donors (Lipinski definition) is 4. The van der Waals surface area contributed by atoms with Crippen LogP contribution in [0.25, 0.3) is 0 Å². The third-order valence-electron chi connectivity index (χ3n) is 3.30. The molecule has 0 aliphatic carbocycles. The molecular weight excluding hydrogens is 296 g/mol. The van der Waals surface area contributed by atoms with Crippen molar-refractivity contribution >= 4 is 24.1 Å². The van der Waals surface area contributed by atoms with Gasteiger partial charge in [-0.3, -0.25) is 0 Å². The Bertz CT molecular complexity index is 415. The first kappa shape index (κ1) is 16.2. The van der Waals surface area contributed by atoms with E-state index < -0.39 is 24.1 Å². The van der Waals surface area contributed by atoms with Crippen molar-refractivity contribution in [2.24, 2.45) is 0 Å². The highest BCUT2D eigenvalue weighted by Crippen LogP contribution is 1.99. The molecule has 122 valence electrons. The van der Waals surface area contributed by atoms with Crippen molar-refractivity contribution < 1.29 is 28.7 Å². The summed E-state index contributed by atoms with van der Waals surface area (Å²) in [6.45, 7) is 2.62. The summed E-state index contributed by atoms with van der Waals surface area (Å²) in [4.78, 5) is 45.4. The zero-order chi connectivity index (χ0) is 15.9. The lowest BCUT2D eigenvalue weighted by molar-refractivity contribution is -0.160. The minimum absolute atomic E-state index is 0.158. The standard InChI is InChI=1S/C12H18N4O6/c17-9(21-11(19)15-7-1-3-13-5-7)10(18)22-12(20)16-8-2-4-14-6-8/h7-8,13-14H,1-6H2,(H,15,19)(H,16,20). The van der Waals surface area contributed by atoms with Crippen molar-refractivity contribution in [1.82, 2.24) is 21.3 Å². The van der Waals surface area contributed by atoms with E-state index in [1.165, 1.54) is 0 Å². The largest absolute Gasteiger partial charge is 0.426 e. The predicted octanol–water partition coefficient (Wildman–Crippen LogP) is -1.78. The smallest absolute Gasteiger partial charge is 0.368 e. The van der Waals surface area contributed by atoms with Crippen molar-refractivity contribution in [3.63, 3.8) is 0 Å². The van der Waals surface area contributed by atoms with Crippen LogP contribution in [0.4, 0.5) is 9.59 Å². The summed E-state index contributed by atoms with van der Waals surface area (Å²) in [7, 11) is 0. The van der Waals surface area contributed by atoms with Gasteiger partial charge in [0, 0.05) is 25.2 Å². The molecule has 10 nitrogen and oxygen atoms in total. The Morgan fingerprint density at radius 2 is 1.18 bits per heavy atom. The number of rotatable bonds is 2. The Kier molecular flexibility index (Phi) is 5.67. The number of esters is 2. The molecule has 0 aromatic carbocycles. The van der Waals surface area contributed by atoms with E-state index in [9.17, 15) is 19.2 Å². The van der Waals surface area contributed by atoms with E-state index in [-0.39, 0.29) is 12.1 Å². The quantitative estimate of drug-likeness (QED) is 0.267. The lowest BCUT2D eigenvalue weighted by atomic mass is 10.3. The number of nitrogens with one attached hydrogen (secondary N) is 4. The maximum atomic E-state index is 11.4. The van der Waals surface area contributed by atoms with Gasteiger partial charge in [-0.05, 0) is 25.9 Å². The van der Waals surface area contributed by atoms with Gasteiger partial charge in [-0.15, -0.1) is 0 Å². The molecule has 10 heteroatoms. The first-order chi connectivity index (χ1) is 10.5. The number of amides is 2. The molecule has 0 saturated carbocycles. The lowest BCUT2D eigenvalue weighted by Gasteiger charge is -2.11. The summed E-state index contributed by atoms with van der Waals surface area (Å²) < 4.78 is 8.52. The van der Waals surface area contributed by atoms with Gasteiger partial charge in [0.05, 0.1) is 0 Å². The van der Waals surface area contributed by atoms with Crippen molar-refractivity contribution in [1.29, 1.82) is 0 Å². The molecule has 0 bridgehead atoms. The van der Waals surface area contributed by atoms with E-state index in [2.05, 4.69) is 30.7 Å². The number of alkyl carbamates (subject to hydrolysis) is 2. The van der Waals surface area contributed by atoms with E-state index >= 15 is 0 Å². The lowest BCUT2D eigenvalue weighted by Crippen LogP contribution is -2.41. The average Bonchev–Trinajstić information content (AvgIpc) is 3.11. The summed E-state index contributed by atoms with van der Waals surface area (Å²) in [6.07, 6.45) is -0.691. The molecule has 2 saturated heterocycles. The number of carbonyl (C=O) groups excluding carboxylic acids is 4. The Labute approximate surface area is 126 Å². The fraction of sp³-hybridized carbons (Fsp3) is 0.667. The summed E-state index contributed by atoms with van der Waals surface area (Å²) >= 11 is 0. The molecule has 2 rings (SSSR count). The molecule has 2 fully saturated rings. The molecule has 2 unspecified atom stereocenters. The molecule has 2 heterocycles. The molecule has 2 aliphatic heterocycles. The van der Waals surface area contributed by atoms with Gasteiger partial charge in [-0.25, -0.2) is 19.2 Å². The van der Waals surface area contributed by atoms with Crippen LogP contribution in [0.3, 0.4) is 0 Å². The Balaban J connectivity index is 1.67. The minimum Gasteiger partial charge on any atom is -0.368 e. The normalized spacial score (nSPS) is 23.6. The molecule has 2 amide bonds. The van der Waals surface area contributed by atoms with Gasteiger partial charge in [-0.2, -0.15) is 0 Å². The highest BCUT2D eigenvalue weighted by molar-refractivity contribution is 6.33. The van der Waals surface area contributed by atoms with Crippen molar-refractivity contribution in [2.75, 3.05) is 26.2 Å². The second-order valence-corrected chi connectivity index (χ2v) is 5.02. The molecule has 2 aliphatic rings. The minimum atomic E-state index is -1.54. The maximum absolute atomic E-state index is 11.4. The third kappa shape index (κ3) is 4.97. The summed E-state index contributed by atoms with van der Waals surface area (Å²) in [6, 6.07) is -0.316. The Morgan fingerprint density at radius 3 is 1.50 bits per heavy atom. The Hall–Kier alpha value is -2.20. The van der Waals surface area contributed by atoms with Crippen LogP contribution in [0, 0.1) is 0 Å². The van der Waals surface area contributed by atoms with Gasteiger partial charge in [0.25, 0.3) is 0 Å². The van der Waals surface area contributed by atoms with E-state index in [1.54, 1.807) is 0 Å². The van der Waals surface area contributed by atoms with E-state index in [1.807, 2.05) is 0 Å². The zero-order valence-corrected chi connectivity index (χ0v) is 11.8. The summed E-state index contributed by atoms with van der Waals surface area (Å²) in [5.41, 5.74) is 0. The van der Waals surface area contributed by atoms with Gasteiger partial charge in [0.1, 0.15) is 0 Å². The molecule has 0 spiro atoms. The van der Waals surface area contributed by atoms with E-state index in [4.69, 9.17) is 0 Å². The zero-order valence-electron chi connectivity index (χ0n) is 11.8. The highest BCUT2D eigenvalue weighted by atomic mass is 16.6. The van der Waals surface area contributed by atoms with Crippen LogP contribution in [0.1, 0.15) is 12.8 Å². The Morgan fingerprint density at radius 1 is 0.773 bits per heavy atom. The number of ether oxygens (including phenoxy) is 2. The van der Waals surface area contributed by atoms with Crippen LogP contribution in [-0.4, -0.2) is 62.4 Å². The number of carbonyl (C=O) groups is 4. The average molecular weight is 314 g/mol. The van der Waals surface area contributed by atoms with Crippen LogP contribution in [0.5, 0.6) is 0 Å². The second kappa shape index (κ2) is 7.71. The fourth-order valence-corrected chi connectivity index (χ4v) is 2.20. The topological polar surface area (TPSA) is 135 Å². The monoisotopic (exact) mass is 314 g/mol. The molecule has 0 radical (unpaired) electrons. The van der Waals surface area contributed by atoms with Crippen LogP contribution < -0.4 is 21.3 Å². The predicted molar refractivity (Wildman–Crippen MR) is 71.8 cm³/mol. The molecule has 0 aromatic heterocycles. The van der Waals surface area contributed by atoms with Crippen LogP contribution in [0.2, 0.25) is 0 Å². The van der Waals surface area contributed by atoms with Gasteiger partial charge in [-0.1, -0.05) is 0 Å². The second-order valence-electron chi connectivity index (χ2n) is 5.02. The van der Waals surface area contributed by atoms with Gasteiger partial charge in [0.15, 0.2) is 0 Å². The van der Waals surface area contributed by atoms with Gasteiger partial charge < -0.3 is 30.7 Å². The molecule has 0 aromatic rings. The van der Waals surface area contributed by atoms with E-state index in [0.717, 1.165) is 13.1 Å². The fourth-order valence-electron chi connectivity index (χ4n) is 2.20.